The lowest BCUT2D eigenvalue weighted by molar-refractivity contribution is 0.184. The van der Waals surface area contributed by atoms with E-state index < -0.39 is 0 Å². The normalized spacial score (nSPS) is 27.8. The fourth-order valence-electron chi connectivity index (χ4n) is 2.74. The van der Waals surface area contributed by atoms with E-state index in [1.165, 1.54) is 30.9 Å². The van der Waals surface area contributed by atoms with Gasteiger partial charge in [-0.1, -0.05) is 38.5 Å². The predicted molar refractivity (Wildman–Crippen MR) is 79.3 cm³/mol. The smallest absolute Gasteiger partial charge is 0.156 e. The molecule has 2 atom stereocenters. The van der Waals surface area contributed by atoms with Crippen molar-refractivity contribution >= 4 is 16.9 Å². The van der Waals surface area contributed by atoms with E-state index in [4.69, 9.17) is 4.74 Å². The van der Waals surface area contributed by atoms with Crippen LogP contribution in [0.3, 0.4) is 0 Å². The highest BCUT2D eigenvalue weighted by atomic mass is 32.2. The van der Waals surface area contributed by atoms with E-state index in [0.29, 0.717) is 5.25 Å². The molecule has 2 aliphatic rings. The summed E-state index contributed by atoms with van der Waals surface area (Å²) in [6, 6.07) is 0. The summed E-state index contributed by atoms with van der Waals surface area (Å²) in [5.74, 6) is 1.58. The number of nitrogens with zero attached hydrogens (tertiary/aromatic N) is 1. The average molecular weight is 270 g/mol. The molecule has 1 fully saturated rings. The molecule has 2 unspecified atom stereocenters. The van der Waals surface area contributed by atoms with Crippen molar-refractivity contribution in [1.29, 1.82) is 0 Å². The first-order chi connectivity index (χ1) is 8.83. The van der Waals surface area contributed by atoms with Crippen LogP contribution in [-0.4, -0.2) is 36.7 Å². The minimum atomic E-state index is 0.706. The molecular formula is C14H26N2OS. The first-order valence-electron chi connectivity index (χ1n) is 7.36. The molecule has 0 saturated carbocycles. The van der Waals surface area contributed by atoms with Gasteiger partial charge in [-0.05, 0) is 24.7 Å². The van der Waals surface area contributed by atoms with Crippen LogP contribution < -0.4 is 5.32 Å². The second-order valence-corrected chi connectivity index (χ2v) is 6.55. The Morgan fingerprint density at radius 3 is 2.94 bits per heavy atom. The number of ether oxygens (including phenoxy) is 1. The van der Waals surface area contributed by atoms with E-state index >= 15 is 0 Å². The minimum Gasteiger partial charge on any atom is -0.381 e. The Hall–Kier alpha value is -0.220. The largest absolute Gasteiger partial charge is 0.381 e. The summed E-state index contributed by atoms with van der Waals surface area (Å²) >= 11 is 1.96. The number of hydrogen-bond acceptors (Lipinski definition) is 4. The van der Waals surface area contributed by atoms with Gasteiger partial charge in [0.05, 0.1) is 6.54 Å². The van der Waals surface area contributed by atoms with Crippen molar-refractivity contribution in [1.82, 2.24) is 5.32 Å². The van der Waals surface area contributed by atoms with Crippen molar-refractivity contribution < 1.29 is 4.74 Å². The van der Waals surface area contributed by atoms with Crippen molar-refractivity contribution in [3.63, 3.8) is 0 Å². The van der Waals surface area contributed by atoms with Crippen LogP contribution in [0.5, 0.6) is 0 Å². The molecule has 2 aliphatic heterocycles. The molecule has 0 amide bonds. The van der Waals surface area contributed by atoms with Crippen molar-refractivity contribution in [2.45, 2.75) is 44.8 Å². The monoisotopic (exact) mass is 270 g/mol. The molecule has 0 aliphatic carbocycles. The van der Waals surface area contributed by atoms with Gasteiger partial charge in [-0.25, -0.2) is 0 Å². The summed E-state index contributed by atoms with van der Waals surface area (Å²) in [7, 11) is 0. The highest BCUT2D eigenvalue weighted by molar-refractivity contribution is 8.14. The molecule has 0 spiro atoms. The number of amidine groups is 1. The van der Waals surface area contributed by atoms with Crippen molar-refractivity contribution in [2.75, 3.05) is 26.3 Å². The molecular weight excluding hydrogens is 244 g/mol. The fourth-order valence-corrected chi connectivity index (χ4v) is 4.09. The standard InChI is InChI=1S/C14H26N2OS/c1-3-12(4-2)13-9-16-14(18-13)15-7-5-11-6-8-17-10-11/h11-13H,3-10H2,1-2H3,(H,15,16). The molecule has 0 aromatic carbocycles. The Bertz CT molecular complexity index is 273. The van der Waals surface area contributed by atoms with Crippen LogP contribution in [0.2, 0.25) is 0 Å². The number of thioether (sulfide) groups is 1. The van der Waals surface area contributed by atoms with Crippen molar-refractivity contribution in [3.05, 3.63) is 0 Å². The maximum absolute atomic E-state index is 5.39. The third-order valence-electron chi connectivity index (χ3n) is 4.11. The molecule has 104 valence electrons. The van der Waals surface area contributed by atoms with E-state index in [1.54, 1.807) is 0 Å². The number of rotatable bonds is 6. The van der Waals surface area contributed by atoms with Crippen molar-refractivity contribution in [3.8, 4) is 0 Å². The first kappa shape index (κ1) is 14.2. The fraction of sp³-hybridized carbons (Fsp3) is 0.929. The zero-order valence-corrected chi connectivity index (χ0v) is 12.5. The van der Waals surface area contributed by atoms with Gasteiger partial charge in [0.15, 0.2) is 5.17 Å². The van der Waals surface area contributed by atoms with E-state index in [2.05, 4.69) is 24.2 Å². The molecule has 2 heterocycles. The highest BCUT2D eigenvalue weighted by Gasteiger charge is 2.25. The topological polar surface area (TPSA) is 33.6 Å². The maximum atomic E-state index is 5.39. The second kappa shape index (κ2) is 7.39. The average Bonchev–Trinajstić information content (AvgIpc) is 3.03. The van der Waals surface area contributed by atoms with Gasteiger partial charge in [0.25, 0.3) is 0 Å². The summed E-state index contributed by atoms with van der Waals surface area (Å²) in [5.41, 5.74) is 0. The zero-order chi connectivity index (χ0) is 12.8. The summed E-state index contributed by atoms with van der Waals surface area (Å²) in [5, 5.41) is 5.38. The van der Waals surface area contributed by atoms with Crippen LogP contribution in [0.1, 0.15) is 39.5 Å². The number of hydrogen-bond donors (Lipinski definition) is 1. The zero-order valence-electron chi connectivity index (χ0n) is 11.7. The highest BCUT2D eigenvalue weighted by Crippen LogP contribution is 2.30. The Labute approximate surface area is 115 Å². The van der Waals surface area contributed by atoms with Crippen LogP contribution in [0.25, 0.3) is 0 Å². The van der Waals surface area contributed by atoms with Crippen LogP contribution >= 0.6 is 11.8 Å². The molecule has 4 heteroatoms. The molecule has 18 heavy (non-hydrogen) atoms. The first-order valence-corrected chi connectivity index (χ1v) is 8.24. The van der Waals surface area contributed by atoms with E-state index in [-0.39, 0.29) is 0 Å². The van der Waals surface area contributed by atoms with Gasteiger partial charge < -0.3 is 10.1 Å². The van der Waals surface area contributed by atoms with Gasteiger partial charge in [-0.2, -0.15) is 0 Å². The van der Waals surface area contributed by atoms with Crippen molar-refractivity contribution in [2.24, 2.45) is 16.8 Å². The number of aliphatic imine (C=N–C) groups is 1. The maximum Gasteiger partial charge on any atom is 0.156 e. The van der Waals surface area contributed by atoms with E-state index in [1.807, 2.05) is 11.8 Å². The molecule has 1 saturated heterocycles. The Morgan fingerprint density at radius 1 is 1.44 bits per heavy atom. The Balaban J connectivity index is 1.62. The van der Waals surface area contributed by atoms with E-state index in [9.17, 15) is 0 Å². The second-order valence-electron chi connectivity index (χ2n) is 5.32. The Kier molecular flexibility index (Phi) is 5.83. The van der Waals surface area contributed by atoms with Crippen LogP contribution in [0.15, 0.2) is 4.99 Å². The lowest BCUT2D eigenvalue weighted by Gasteiger charge is -2.18. The minimum absolute atomic E-state index is 0.706. The van der Waals surface area contributed by atoms with Crippen LogP contribution in [-0.2, 0) is 4.74 Å². The van der Waals surface area contributed by atoms with E-state index in [0.717, 1.165) is 38.1 Å². The van der Waals surface area contributed by atoms with Crippen LogP contribution in [0, 0.1) is 11.8 Å². The molecule has 1 N–H and O–H groups in total. The number of nitrogens with one attached hydrogen (secondary N) is 1. The van der Waals surface area contributed by atoms with Gasteiger partial charge in [0.1, 0.15) is 0 Å². The lowest BCUT2D eigenvalue weighted by atomic mass is 9.99. The van der Waals surface area contributed by atoms with Gasteiger partial charge in [0, 0.05) is 25.0 Å². The summed E-state index contributed by atoms with van der Waals surface area (Å²) < 4.78 is 5.39. The molecule has 0 aromatic rings. The Morgan fingerprint density at radius 2 is 2.28 bits per heavy atom. The third kappa shape index (κ3) is 3.89. The lowest BCUT2D eigenvalue weighted by Crippen LogP contribution is -2.24. The van der Waals surface area contributed by atoms with Gasteiger partial charge in [-0.15, -0.1) is 0 Å². The SMILES string of the molecule is CCC(CC)C1CN=C(NCCC2CCOC2)S1. The molecule has 0 bridgehead atoms. The molecule has 2 rings (SSSR count). The van der Waals surface area contributed by atoms with Gasteiger partial charge >= 0.3 is 0 Å². The summed E-state index contributed by atoms with van der Waals surface area (Å²) in [6.07, 6.45) is 5.00. The predicted octanol–water partition coefficient (Wildman–Crippen LogP) is 2.91. The molecule has 0 radical (unpaired) electrons. The molecule has 0 aromatic heterocycles. The van der Waals surface area contributed by atoms with Gasteiger partial charge in [0.2, 0.25) is 0 Å². The van der Waals surface area contributed by atoms with Crippen LogP contribution in [0.4, 0.5) is 0 Å². The summed E-state index contributed by atoms with van der Waals surface area (Å²) in [4.78, 5) is 4.64. The van der Waals surface area contributed by atoms with Gasteiger partial charge in [-0.3, -0.25) is 4.99 Å². The summed E-state index contributed by atoms with van der Waals surface area (Å²) in [6.45, 7) is 8.55. The molecule has 3 nitrogen and oxygen atoms in total. The third-order valence-corrected chi connectivity index (χ3v) is 5.44. The quantitative estimate of drug-likeness (QED) is 0.806.